The van der Waals surface area contributed by atoms with Gasteiger partial charge in [-0.3, -0.25) is 12.2 Å². The van der Waals surface area contributed by atoms with Gasteiger partial charge in [0.05, 0.1) is 0 Å². The van der Waals surface area contributed by atoms with E-state index in [1.807, 2.05) is 12.2 Å². The summed E-state index contributed by atoms with van der Waals surface area (Å²) >= 11 is 1.30. The van der Waals surface area contributed by atoms with Gasteiger partial charge in [-0.2, -0.15) is 11.6 Å². The third-order valence-corrected chi connectivity index (χ3v) is 1.69. The Labute approximate surface area is 127 Å². The van der Waals surface area contributed by atoms with Crippen LogP contribution in [0.4, 0.5) is 0 Å². The molecule has 0 aromatic carbocycles. The van der Waals surface area contributed by atoms with Crippen LogP contribution in [-0.4, -0.2) is 4.21 Å². The maximum atomic E-state index is 3.34. The number of allylic oxidation sites excluding steroid dienone is 8. The van der Waals surface area contributed by atoms with Crippen LogP contribution in [0.3, 0.4) is 0 Å². The number of rotatable bonds is 0. The van der Waals surface area contributed by atoms with Gasteiger partial charge in [-0.1, -0.05) is 13.8 Å². The maximum absolute atomic E-state index is 3.34. The molecule has 0 nitrogen and oxygen atoms in total. The van der Waals surface area contributed by atoms with Crippen molar-refractivity contribution < 1.29 is 24.2 Å². The third kappa shape index (κ3) is 12.4. The molecule has 2 aliphatic rings. The predicted molar refractivity (Wildman–Crippen MR) is 74.0 cm³/mol. The Balaban J connectivity index is -0.000000169. The fraction of sp³-hybridized carbons (Fsp3) is 0.308. The van der Waals surface area contributed by atoms with E-state index in [0.717, 1.165) is 12.8 Å². The van der Waals surface area contributed by atoms with E-state index in [4.69, 9.17) is 0 Å². The molecule has 0 fully saturated rings. The van der Waals surface area contributed by atoms with Crippen molar-refractivity contribution in [3.05, 3.63) is 47.6 Å². The molecular formula is C13H18Cl2Zr. The van der Waals surface area contributed by atoms with Gasteiger partial charge in [-0.05, 0) is 0 Å². The Kier molecular flexibility index (Phi) is 20.6. The van der Waals surface area contributed by atoms with Gasteiger partial charge in [0, 0.05) is 0 Å². The van der Waals surface area contributed by atoms with Crippen molar-refractivity contribution in [3.63, 3.8) is 0 Å². The van der Waals surface area contributed by atoms with Gasteiger partial charge >= 0.3 is 28.4 Å². The van der Waals surface area contributed by atoms with Crippen LogP contribution in [0.15, 0.2) is 35.5 Å². The molecule has 0 spiro atoms. The molecule has 0 amide bonds. The second kappa shape index (κ2) is 15.3. The first kappa shape index (κ1) is 21.6. The van der Waals surface area contributed by atoms with Crippen LogP contribution < -0.4 is 0 Å². The molecule has 2 rings (SSSR count). The molecule has 2 aliphatic carbocycles. The van der Waals surface area contributed by atoms with E-state index in [0.29, 0.717) is 0 Å². The molecule has 0 aromatic heterocycles. The molecule has 0 atom stereocenters. The van der Waals surface area contributed by atoms with Gasteiger partial charge in [0.1, 0.15) is 0 Å². The van der Waals surface area contributed by atoms with Crippen LogP contribution in [0.1, 0.15) is 26.7 Å². The average Bonchev–Trinajstić information content (AvgIpc) is 2.84. The molecule has 88 valence electrons. The summed E-state index contributed by atoms with van der Waals surface area (Å²) in [6, 6.07) is 0. The first-order valence-electron chi connectivity index (χ1n) is 4.61. The summed E-state index contributed by atoms with van der Waals surface area (Å²) in [5.74, 6) is 0. The molecule has 0 aromatic rings. The molecule has 16 heavy (non-hydrogen) atoms. The average molecular weight is 336 g/mol. The van der Waals surface area contributed by atoms with Crippen LogP contribution in [0.25, 0.3) is 0 Å². The molecule has 0 aliphatic heterocycles. The minimum atomic E-state index is 0. The molecule has 0 saturated carbocycles. The Bertz CT molecular complexity index is 266. The summed E-state index contributed by atoms with van der Waals surface area (Å²) in [5, 5.41) is 0. The zero-order chi connectivity index (χ0) is 10.8. The Morgan fingerprint density at radius 2 is 1.88 bits per heavy atom. The first-order valence-corrected chi connectivity index (χ1v) is 6.34. The number of hydrogen-bond acceptors (Lipinski definition) is 0. The fourth-order valence-corrected chi connectivity index (χ4v) is 1.09. The van der Waals surface area contributed by atoms with Crippen molar-refractivity contribution in [2.45, 2.75) is 26.7 Å². The summed E-state index contributed by atoms with van der Waals surface area (Å²) in [6.07, 6.45) is 16.4. The zero-order valence-electron chi connectivity index (χ0n) is 9.75. The van der Waals surface area contributed by atoms with E-state index in [9.17, 15) is 0 Å². The van der Waals surface area contributed by atoms with E-state index in [1.165, 1.54) is 35.4 Å². The monoisotopic (exact) mass is 334 g/mol. The number of halogens is 2. The van der Waals surface area contributed by atoms with E-state index < -0.39 is 0 Å². The van der Waals surface area contributed by atoms with Crippen molar-refractivity contribution in [1.29, 1.82) is 0 Å². The summed E-state index contributed by atoms with van der Waals surface area (Å²) in [4.78, 5) is 0. The normalized spacial score (nSPS) is 14.2. The van der Waals surface area contributed by atoms with Gasteiger partial charge < -0.3 is 0 Å². The summed E-state index contributed by atoms with van der Waals surface area (Å²) < 4.78 is 3.34. The summed E-state index contributed by atoms with van der Waals surface area (Å²) in [5.41, 5.74) is 2.72. The second-order valence-corrected chi connectivity index (χ2v) is 3.03. The van der Waals surface area contributed by atoms with Gasteiger partial charge in [-0.15, -0.1) is 37.7 Å². The quantitative estimate of drug-likeness (QED) is 0.582. The summed E-state index contributed by atoms with van der Waals surface area (Å²) in [6.45, 7) is 4.21. The molecule has 0 bridgehead atoms. The van der Waals surface area contributed by atoms with E-state index in [1.54, 1.807) is 0 Å². The van der Waals surface area contributed by atoms with Crippen LogP contribution in [0.2, 0.25) is 0 Å². The van der Waals surface area contributed by atoms with E-state index in [2.05, 4.69) is 42.4 Å². The Morgan fingerprint density at radius 1 is 1.25 bits per heavy atom. The SMILES string of the molecule is CC1=[C-]CC(C)=C1.Cl.Cl.[C-]1=CC=CC1.[CH2]=[Zr+2]. The van der Waals surface area contributed by atoms with Gasteiger partial charge in [0.25, 0.3) is 0 Å². The molecule has 0 saturated heterocycles. The molecule has 3 heteroatoms. The van der Waals surface area contributed by atoms with Crippen LogP contribution in [0, 0.1) is 12.2 Å². The van der Waals surface area contributed by atoms with Crippen molar-refractivity contribution >= 4 is 29.0 Å². The van der Waals surface area contributed by atoms with Crippen molar-refractivity contribution in [3.8, 4) is 0 Å². The molecule has 0 unspecified atom stereocenters. The molecule has 0 radical (unpaired) electrons. The number of hydrogen-bond donors (Lipinski definition) is 0. The molecular weight excluding hydrogens is 318 g/mol. The zero-order valence-corrected chi connectivity index (χ0v) is 13.8. The van der Waals surface area contributed by atoms with Crippen LogP contribution >= 0.6 is 24.8 Å². The Hall–Kier alpha value is 0.293. The topological polar surface area (TPSA) is 0 Å². The van der Waals surface area contributed by atoms with Crippen molar-refractivity contribution in [2.75, 3.05) is 0 Å². The van der Waals surface area contributed by atoms with Crippen molar-refractivity contribution in [2.24, 2.45) is 0 Å². The fourth-order valence-electron chi connectivity index (χ4n) is 1.09. The standard InChI is InChI=1S/C7H9.C5H5.CH2.2ClH.Zr/c1-6-3-4-7(2)5-6;1-2-4-5-3-1;;;;/h5H,3H2,1-2H3;1-3H,4H2;1H2;2*1H;/q2*-1;;;;+2. The first-order chi connectivity index (χ1) is 6.79. The second-order valence-electron chi connectivity index (χ2n) is 3.03. The molecule has 0 heterocycles. The van der Waals surface area contributed by atoms with E-state index >= 15 is 0 Å². The van der Waals surface area contributed by atoms with E-state index in [-0.39, 0.29) is 24.8 Å². The molecule has 0 N–H and O–H groups in total. The van der Waals surface area contributed by atoms with Gasteiger partial charge in [-0.25, -0.2) is 23.8 Å². The predicted octanol–water partition coefficient (Wildman–Crippen LogP) is 4.20. The Morgan fingerprint density at radius 3 is 2.00 bits per heavy atom. The van der Waals surface area contributed by atoms with Crippen LogP contribution in [0.5, 0.6) is 0 Å². The van der Waals surface area contributed by atoms with Crippen LogP contribution in [-0.2, 0) is 24.2 Å². The summed E-state index contributed by atoms with van der Waals surface area (Å²) in [7, 11) is 0. The minimum absolute atomic E-state index is 0. The third-order valence-electron chi connectivity index (χ3n) is 1.69. The van der Waals surface area contributed by atoms with Crippen molar-refractivity contribution in [1.82, 2.24) is 0 Å². The van der Waals surface area contributed by atoms with Gasteiger partial charge in [0.2, 0.25) is 0 Å². The van der Waals surface area contributed by atoms with Gasteiger partial charge in [0.15, 0.2) is 0 Å².